The van der Waals surface area contributed by atoms with E-state index >= 15 is 0 Å². The molecule has 2 rings (SSSR count). The van der Waals surface area contributed by atoms with Crippen LogP contribution in [0.1, 0.15) is 11.7 Å². The molecule has 0 unspecified atom stereocenters. The van der Waals surface area contributed by atoms with E-state index in [1.54, 1.807) is 24.3 Å². The SMILES string of the molecule is O[C@@H](c1ccc2ccccc2c1)C(F)(F)F. The second-order valence-electron chi connectivity index (χ2n) is 3.55. The molecule has 0 aliphatic carbocycles. The number of rotatable bonds is 1. The topological polar surface area (TPSA) is 20.2 Å². The molecule has 0 saturated carbocycles. The van der Waals surface area contributed by atoms with Gasteiger partial charge >= 0.3 is 6.18 Å². The molecule has 2 aromatic carbocycles. The highest BCUT2D eigenvalue weighted by atomic mass is 19.4. The molecular weight excluding hydrogens is 217 g/mol. The Labute approximate surface area is 90.1 Å². The first-order valence-electron chi connectivity index (χ1n) is 4.72. The molecule has 2 aromatic rings. The molecule has 16 heavy (non-hydrogen) atoms. The second-order valence-corrected chi connectivity index (χ2v) is 3.55. The maximum absolute atomic E-state index is 12.3. The zero-order valence-electron chi connectivity index (χ0n) is 8.20. The fourth-order valence-corrected chi connectivity index (χ4v) is 1.57. The molecule has 84 valence electrons. The predicted molar refractivity (Wildman–Crippen MR) is 55.0 cm³/mol. The Morgan fingerprint density at radius 1 is 0.938 bits per heavy atom. The summed E-state index contributed by atoms with van der Waals surface area (Å²) in [7, 11) is 0. The Bertz CT molecular complexity index is 505. The van der Waals surface area contributed by atoms with Crippen molar-refractivity contribution in [2.24, 2.45) is 0 Å². The van der Waals surface area contributed by atoms with Gasteiger partial charge in [0.1, 0.15) is 0 Å². The van der Waals surface area contributed by atoms with Gasteiger partial charge in [-0.05, 0) is 22.4 Å². The van der Waals surface area contributed by atoms with Crippen LogP contribution < -0.4 is 0 Å². The molecule has 1 N–H and O–H groups in total. The van der Waals surface area contributed by atoms with Crippen molar-refractivity contribution in [2.45, 2.75) is 12.3 Å². The zero-order chi connectivity index (χ0) is 11.8. The Kier molecular flexibility index (Phi) is 2.59. The van der Waals surface area contributed by atoms with Crippen molar-refractivity contribution in [1.29, 1.82) is 0 Å². The summed E-state index contributed by atoms with van der Waals surface area (Å²) >= 11 is 0. The molecule has 0 aromatic heterocycles. The minimum atomic E-state index is -4.62. The van der Waals surface area contributed by atoms with Gasteiger partial charge in [-0.25, -0.2) is 0 Å². The number of halogens is 3. The van der Waals surface area contributed by atoms with Gasteiger partial charge in [0.15, 0.2) is 6.10 Å². The Morgan fingerprint density at radius 3 is 2.19 bits per heavy atom. The van der Waals surface area contributed by atoms with Crippen LogP contribution in [0.5, 0.6) is 0 Å². The number of hydrogen-bond acceptors (Lipinski definition) is 1. The fourth-order valence-electron chi connectivity index (χ4n) is 1.57. The number of aliphatic hydroxyl groups excluding tert-OH is 1. The van der Waals surface area contributed by atoms with Gasteiger partial charge in [-0.2, -0.15) is 13.2 Å². The van der Waals surface area contributed by atoms with Crippen LogP contribution in [-0.2, 0) is 0 Å². The van der Waals surface area contributed by atoms with Gasteiger partial charge in [-0.3, -0.25) is 0 Å². The lowest BCUT2D eigenvalue weighted by atomic mass is 10.0. The number of fused-ring (bicyclic) bond motifs is 1. The average Bonchev–Trinajstić information content (AvgIpc) is 2.26. The molecule has 0 aliphatic rings. The van der Waals surface area contributed by atoms with Gasteiger partial charge in [0.2, 0.25) is 0 Å². The van der Waals surface area contributed by atoms with E-state index in [4.69, 9.17) is 5.11 Å². The number of benzene rings is 2. The van der Waals surface area contributed by atoms with Gasteiger partial charge < -0.3 is 5.11 Å². The summed E-state index contributed by atoms with van der Waals surface area (Å²) < 4.78 is 36.9. The Hall–Kier alpha value is -1.55. The standard InChI is InChI=1S/C12H9F3O/c13-12(14,15)11(16)10-6-5-8-3-1-2-4-9(8)7-10/h1-7,11,16H/t11-/m0/s1. The molecule has 0 amide bonds. The molecule has 0 radical (unpaired) electrons. The van der Waals surface area contributed by atoms with Crippen molar-refractivity contribution in [3.63, 3.8) is 0 Å². The van der Waals surface area contributed by atoms with Crippen molar-refractivity contribution in [3.8, 4) is 0 Å². The summed E-state index contributed by atoms with van der Waals surface area (Å²) in [6.45, 7) is 0. The smallest absolute Gasteiger partial charge is 0.379 e. The molecule has 1 atom stereocenters. The number of aliphatic hydroxyl groups is 1. The fraction of sp³-hybridized carbons (Fsp3) is 0.167. The van der Waals surface area contributed by atoms with Crippen molar-refractivity contribution in [1.82, 2.24) is 0 Å². The normalized spacial score (nSPS) is 14.0. The Morgan fingerprint density at radius 2 is 1.56 bits per heavy atom. The van der Waals surface area contributed by atoms with Crippen LogP contribution in [0.3, 0.4) is 0 Å². The lowest BCUT2D eigenvalue weighted by Gasteiger charge is -2.15. The highest BCUT2D eigenvalue weighted by Crippen LogP contribution is 2.33. The van der Waals surface area contributed by atoms with E-state index < -0.39 is 12.3 Å². The van der Waals surface area contributed by atoms with Gasteiger partial charge in [0, 0.05) is 0 Å². The van der Waals surface area contributed by atoms with Gasteiger partial charge in [-0.15, -0.1) is 0 Å². The van der Waals surface area contributed by atoms with E-state index in [9.17, 15) is 13.2 Å². The quantitative estimate of drug-likeness (QED) is 0.789. The van der Waals surface area contributed by atoms with E-state index in [0.717, 1.165) is 5.39 Å². The summed E-state index contributed by atoms with van der Waals surface area (Å²) in [4.78, 5) is 0. The van der Waals surface area contributed by atoms with Crippen molar-refractivity contribution in [3.05, 3.63) is 48.0 Å². The number of hydrogen-bond donors (Lipinski definition) is 1. The summed E-state index contributed by atoms with van der Waals surface area (Å²) in [6, 6.07) is 11.3. The Balaban J connectivity index is 2.47. The minimum absolute atomic E-state index is 0.133. The minimum Gasteiger partial charge on any atom is -0.379 e. The zero-order valence-corrected chi connectivity index (χ0v) is 8.20. The highest BCUT2D eigenvalue weighted by molar-refractivity contribution is 5.83. The van der Waals surface area contributed by atoms with E-state index in [2.05, 4.69) is 0 Å². The summed E-state index contributed by atoms with van der Waals surface area (Å²) in [5.74, 6) is 0. The van der Waals surface area contributed by atoms with Crippen molar-refractivity contribution in [2.75, 3.05) is 0 Å². The van der Waals surface area contributed by atoms with Crippen molar-refractivity contribution < 1.29 is 18.3 Å². The lowest BCUT2D eigenvalue weighted by Crippen LogP contribution is -2.20. The van der Waals surface area contributed by atoms with Crippen LogP contribution in [0.2, 0.25) is 0 Å². The molecule has 0 fully saturated rings. The first kappa shape index (κ1) is 11.0. The first-order chi connectivity index (χ1) is 7.48. The maximum Gasteiger partial charge on any atom is 0.418 e. The molecule has 0 bridgehead atoms. The van der Waals surface area contributed by atoms with E-state index in [1.807, 2.05) is 6.07 Å². The number of alkyl halides is 3. The van der Waals surface area contributed by atoms with Gasteiger partial charge in [0.25, 0.3) is 0 Å². The van der Waals surface area contributed by atoms with Gasteiger partial charge in [0.05, 0.1) is 0 Å². The molecule has 0 spiro atoms. The molecular formula is C12H9F3O. The molecule has 0 aliphatic heterocycles. The van der Waals surface area contributed by atoms with Crippen LogP contribution in [0.25, 0.3) is 10.8 Å². The van der Waals surface area contributed by atoms with E-state index in [0.29, 0.717) is 5.39 Å². The van der Waals surface area contributed by atoms with Crippen LogP contribution >= 0.6 is 0 Å². The largest absolute Gasteiger partial charge is 0.418 e. The van der Waals surface area contributed by atoms with Crippen LogP contribution in [0.4, 0.5) is 13.2 Å². The average molecular weight is 226 g/mol. The third-order valence-electron chi connectivity index (χ3n) is 2.40. The van der Waals surface area contributed by atoms with Gasteiger partial charge in [-0.1, -0.05) is 36.4 Å². The summed E-state index contributed by atoms with van der Waals surface area (Å²) in [5, 5.41) is 10.6. The van der Waals surface area contributed by atoms with Crippen LogP contribution in [0.15, 0.2) is 42.5 Å². The molecule has 1 nitrogen and oxygen atoms in total. The maximum atomic E-state index is 12.3. The van der Waals surface area contributed by atoms with E-state index in [1.165, 1.54) is 12.1 Å². The second kappa shape index (κ2) is 3.79. The highest BCUT2D eigenvalue weighted by Gasteiger charge is 2.39. The van der Waals surface area contributed by atoms with E-state index in [-0.39, 0.29) is 5.56 Å². The van der Waals surface area contributed by atoms with Crippen molar-refractivity contribution >= 4 is 10.8 Å². The molecule has 0 saturated heterocycles. The summed E-state index contributed by atoms with van der Waals surface area (Å²) in [6.07, 6.45) is -7.04. The lowest BCUT2D eigenvalue weighted by molar-refractivity contribution is -0.206. The third-order valence-corrected chi connectivity index (χ3v) is 2.40. The summed E-state index contributed by atoms with van der Waals surface area (Å²) in [5.41, 5.74) is -0.133. The monoisotopic (exact) mass is 226 g/mol. The molecule has 0 heterocycles. The first-order valence-corrected chi connectivity index (χ1v) is 4.72. The third kappa shape index (κ3) is 2.02. The van der Waals surface area contributed by atoms with Crippen LogP contribution in [0, 0.1) is 0 Å². The van der Waals surface area contributed by atoms with Crippen LogP contribution in [-0.4, -0.2) is 11.3 Å². The molecule has 4 heteroatoms. The predicted octanol–water partition coefficient (Wildman–Crippen LogP) is 3.44.